The molecule has 1 aromatic rings. The Kier molecular flexibility index (Phi) is 5.31. The molecule has 0 N–H and O–H groups in total. The zero-order chi connectivity index (χ0) is 15.2. The van der Waals surface area contributed by atoms with Crippen LogP contribution in [0.4, 0.5) is 0 Å². The number of hydrogen-bond donors (Lipinski definition) is 0. The molecule has 0 bridgehead atoms. The van der Waals surface area contributed by atoms with E-state index in [1.807, 2.05) is 4.90 Å². The molecule has 1 fully saturated rings. The summed E-state index contributed by atoms with van der Waals surface area (Å²) in [5.74, 6) is 2.46. The van der Waals surface area contributed by atoms with Crippen molar-refractivity contribution in [2.75, 3.05) is 33.9 Å². The van der Waals surface area contributed by atoms with Crippen LogP contribution in [0.1, 0.15) is 19.8 Å². The summed E-state index contributed by atoms with van der Waals surface area (Å²) in [7, 11) is 3.16. The number of ether oxygens (including phenoxy) is 3. The van der Waals surface area contributed by atoms with Gasteiger partial charge in [0, 0.05) is 31.3 Å². The lowest BCUT2D eigenvalue weighted by molar-refractivity contribution is -0.135. The maximum Gasteiger partial charge on any atom is 0.260 e. The Morgan fingerprint density at radius 3 is 2.38 bits per heavy atom. The predicted molar refractivity (Wildman–Crippen MR) is 80.0 cm³/mol. The summed E-state index contributed by atoms with van der Waals surface area (Å²) < 4.78 is 15.9. The molecule has 0 aromatic heterocycles. The van der Waals surface area contributed by atoms with Crippen LogP contribution in [0.15, 0.2) is 18.2 Å². The number of carbonyl (C=O) groups is 1. The highest BCUT2D eigenvalue weighted by molar-refractivity contribution is 5.77. The standard InChI is InChI=1S/C16H23NO4/c1-12-5-4-6-17(10-12)16(18)11-21-15-8-13(19-2)7-14(9-15)20-3/h7-9,12H,4-6,10-11H2,1-3H3. The van der Waals surface area contributed by atoms with E-state index in [1.54, 1.807) is 32.4 Å². The van der Waals surface area contributed by atoms with Crippen molar-refractivity contribution in [1.29, 1.82) is 0 Å². The number of amides is 1. The van der Waals surface area contributed by atoms with Crippen molar-refractivity contribution in [2.24, 2.45) is 5.92 Å². The van der Waals surface area contributed by atoms with Gasteiger partial charge in [-0.25, -0.2) is 0 Å². The first-order chi connectivity index (χ1) is 10.1. The first-order valence-corrected chi connectivity index (χ1v) is 7.26. The Balaban J connectivity index is 1.94. The van der Waals surface area contributed by atoms with Gasteiger partial charge in [-0.05, 0) is 18.8 Å². The zero-order valence-corrected chi connectivity index (χ0v) is 12.9. The van der Waals surface area contributed by atoms with Crippen LogP contribution >= 0.6 is 0 Å². The van der Waals surface area contributed by atoms with Gasteiger partial charge in [0.2, 0.25) is 0 Å². The number of hydrogen-bond acceptors (Lipinski definition) is 4. The van der Waals surface area contributed by atoms with Crippen LogP contribution in [0.25, 0.3) is 0 Å². The Labute approximate surface area is 125 Å². The molecule has 5 heteroatoms. The molecule has 1 unspecified atom stereocenters. The van der Waals surface area contributed by atoms with Gasteiger partial charge in [-0.15, -0.1) is 0 Å². The highest BCUT2D eigenvalue weighted by atomic mass is 16.5. The normalized spacial score (nSPS) is 18.2. The molecule has 1 aliphatic rings. The quantitative estimate of drug-likeness (QED) is 0.836. The smallest absolute Gasteiger partial charge is 0.260 e. The lowest BCUT2D eigenvalue weighted by atomic mass is 10.0. The van der Waals surface area contributed by atoms with Gasteiger partial charge < -0.3 is 19.1 Å². The zero-order valence-electron chi connectivity index (χ0n) is 12.9. The van der Waals surface area contributed by atoms with Crippen molar-refractivity contribution < 1.29 is 19.0 Å². The van der Waals surface area contributed by atoms with Crippen molar-refractivity contribution >= 4 is 5.91 Å². The Morgan fingerprint density at radius 2 is 1.81 bits per heavy atom. The summed E-state index contributed by atoms with van der Waals surface area (Å²) in [6.07, 6.45) is 2.26. The third kappa shape index (κ3) is 4.28. The highest BCUT2D eigenvalue weighted by Gasteiger charge is 2.21. The first kappa shape index (κ1) is 15.5. The lowest BCUT2D eigenvalue weighted by Gasteiger charge is -2.30. The van der Waals surface area contributed by atoms with E-state index in [1.165, 1.54) is 6.42 Å². The SMILES string of the molecule is COc1cc(OC)cc(OCC(=O)N2CCCC(C)C2)c1. The fourth-order valence-corrected chi connectivity index (χ4v) is 2.52. The second-order valence-electron chi connectivity index (χ2n) is 5.42. The van der Waals surface area contributed by atoms with Crippen molar-refractivity contribution in [3.05, 3.63) is 18.2 Å². The fraction of sp³-hybridized carbons (Fsp3) is 0.562. The minimum Gasteiger partial charge on any atom is -0.496 e. The molecule has 0 aliphatic carbocycles. The van der Waals surface area contributed by atoms with Crippen LogP contribution in [-0.4, -0.2) is 44.7 Å². The molecule has 0 spiro atoms. The summed E-state index contributed by atoms with van der Waals surface area (Å²) in [4.78, 5) is 14.0. The molecule has 1 aromatic carbocycles. The van der Waals surface area contributed by atoms with Gasteiger partial charge in [0.1, 0.15) is 17.2 Å². The van der Waals surface area contributed by atoms with Gasteiger partial charge in [0.15, 0.2) is 6.61 Å². The molecular formula is C16H23NO4. The van der Waals surface area contributed by atoms with Crippen molar-refractivity contribution in [1.82, 2.24) is 4.90 Å². The van der Waals surface area contributed by atoms with Gasteiger partial charge >= 0.3 is 0 Å². The van der Waals surface area contributed by atoms with Crippen LogP contribution in [0.5, 0.6) is 17.2 Å². The number of likely N-dealkylation sites (tertiary alicyclic amines) is 1. The van der Waals surface area contributed by atoms with E-state index in [-0.39, 0.29) is 12.5 Å². The maximum atomic E-state index is 12.2. The molecule has 1 aliphatic heterocycles. The van der Waals surface area contributed by atoms with E-state index < -0.39 is 0 Å². The minimum absolute atomic E-state index is 0.0309. The summed E-state index contributed by atoms with van der Waals surface area (Å²) in [6.45, 7) is 3.87. The van der Waals surface area contributed by atoms with Gasteiger partial charge in [-0.2, -0.15) is 0 Å². The van der Waals surface area contributed by atoms with Crippen LogP contribution in [0, 0.1) is 5.92 Å². The van der Waals surface area contributed by atoms with E-state index in [0.717, 1.165) is 19.5 Å². The number of nitrogens with zero attached hydrogens (tertiary/aromatic N) is 1. The Hall–Kier alpha value is -1.91. The van der Waals surface area contributed by atoms with Crippen molar-refractivity contribution in [3.63, 3.8) is 0 Å². The van der Waals surface area contributed by atoms with Gasteiger partial charge in [-0.1, -0.05) is 6.92 Å². The van der Waals surface area contributed by atoms with Crippen LogP contribution in [0.3, 0.4) is 0 Å². The molecule has 1 amide bonds. The molecule has 1 saturated heterocycles. The highest BCUT2D eigenvalue weighted by Crippen LogP contribution is 2.27. The number of rotatable bonds is 5. The second kappa shape index (κ2) is 7.20. The third-order valence-corrected chi connectivity index (χ3v) is 3.70. The maximum absolute atomic E-state index is 12.2. The topological polar surface area (TPSA) is 48.0 Å². The molecule has 0 radical (unpaired) electrons. The predicted octanol–water partition coefficient (Wildman–Crippen LogP) is 2.34. The summed E-state index contributed by atoms with van der Waals surface area (Å²) in [5, 5.41) is 0. The van der Waals surface area contributed by atoms with E-state index >= 15 is 0 Å². The minimum atomic E-state index is 0.0309. The summed E-state index contributed by atoms with van der Waals surface area (Å²) >= 11 is 0. The molecule has 1 heterocycles. The summed E-state index contributed by atoms with van der Waals surface area (Å²) in [6, 6.07) is 5.25. The van der Waals surface area contributed by atoms with Crippen molar-refractivity contribution in [3.8, 4) is 17.2 Å². The molecule has 0 saturated carbocycles. The fourth-order valence-electron chi connectivity index (χ4n) is 2.52. The monoisotopic (exact) mass is 293 g/mol. The molecular weight excluding hydrogens is 270 g/mol. The van der Waals surface area contributed by atoms with E-state index in [9.17, 15) is 4.79 Å². The van der Waals surface area contributed by atoms with Gasteiger partial charge in [0.25, 0.3) is 5.91 Å². The van der Waals surface area contributed by atoms with Crippen LogP contribution in [0.2, 0.25) is 0 Å². The average Bonchev–Trinajstić information content (AvgIpc) is 2.52. The number of methoxy groups -OCH3 is 2. The van der Waals surface area contributed by atoms with Gasteiger partial charge in [-0.3, -0.25) is 4.79 Å². The molecule has 1 atom stereocenters. The molecule has 116 valence electrons. The van der Waals surface area contributed by atoms with Gasteiger partial charge in [0.05, 0.1) is 14.2 Å². The number of carbonyl (C=O) groups excluding carboxylic acids is 1. The first-order valence-electron chi connectivity index (χ1n) is 7.26. The molecule has 21 heavy (non-hydrogen) atoms. The van der Waals surface area contributed by atoms with E-state index in [4.69, 9.17) is 14.2 Å². The number of benzene rings is 1. The molecule has 2 rings (SSSR count). The molecule has 5 nitrogen and oxygen atoms in total. The van der Waals surface area contributed by atoms with E-state index in [0.29, 0.717) is 23.2 Å². The van der Waals surface area contributed by atoms with Crippen LogP contribution in [-0.2, 0) is 4.79 Å². The number of piperidine rings is 1. The third-order valence-electron chi connectivity index (χ3n) is 3.70. The largest absolute Gasteiger partial charge is 0.496 e. The Bertz CT molecular complexity index is 467. The van der Waals surface area contributed by atoms with Crippen LogP contribution < -0.4 is 14.2 Å². The van der Waals surface area contributed by atoms with Crippen molar-refractivity contribution in [2.45, 2.75) is 19.8 Å². The Morgan fingerprint density at radius 1 is 1.19 bits per heavy atom. The summed E-state index contributed by atoms with van der Waals surface area (Å²) in [5.41, 5.74) is 0. The average molecular weight is 293 g/mol. The second-order valence-corrected chi connectivity index (χ2v) is 5.42. The van der Waals surface area contributed by atoms with E-state index in [2.05, 4.69) is 6.92 Å². The lowest BCUT2D eigenvalue weighted by Crippen LogP contribution is -2.41.